The van der Waals surface area contributed by atoms with E-state index in [1.54, 1.807) is 0 Å². The maximum atomic E-state index is 13.3. The van der Waals surface area contributed by atoms with Gasteiger partial charge in [-0.1, -0.05) is 30.3 Å². The van der Waals surface area contributed by atoms with Crippen LogP contribution < -0.4 is 5.32 Å². The highest BCUT2D eigenvalue weighted by molar-refractivity contribution is 5.76. The van der Waals surface area contributed by atoms with Gasteiger partial charge in [-0.3, -0.25) is 0 Å². The number of alkyl halides is 3. The van der Waals surface area contributed by atoms with E-state index >= 15 is 0 Å². The van der Waals surface area contributed by atoms with Gasteiger partial charge >= 0.3 is 12.2 Å². The van der Waals surface area contributed by atoms with E-state index in [0.717, 1.165) is 19.6 Å². The van der Waals surface area contributed by atoms with E-state index in [1.165, 1.54) is 4.90 Å². The summed E-state index contributed by atoms with van der Waals surface area (Å²) in [6, 6.07) is 7.87. The molecular weight excluding hydrogens is 325 g/mol. The first-order valence-corrected chi connectivity index (χ1v) is 7.55. The number of hydrogen-bond acceptors (Lipinski definition) is 3. The molecule has 0 aliphatic carbocycles. The van der Waals surface area contributed by atoms with Gasteiger partial charge in [0.05, 0.1) is 25.9 Å². The van der Waals surface area contributed by atoms with Crippen LogP contribution in [0.15, 0.2) is 30.3 Å². The highest BCUT2D eigenvalue weighted by Crippen LogP contribution is 2.31. The zero-order valence-corrected chi connectivity index (χ0v) is 13.6. The number of urea groups is 1. The Bertz CT molecular complexity index is 553. The lowest BCUT2D eigenvalue weighted by Gasteiger charge is -2.39. The van der Waals surface area contributed by atoms with Crippen molar-refractivity contribution in [2.75, 3.05) is 33.5 Å². The Balaban J connectivity index is 2.19. The number of carbonyl (C=O) groups is 1. The quantitative estimate of drug-likeness (QED) is 0.912. The molecule has 134 valence electrons. The van der Waals surface area contributed by atoms with Crippen molar-refractivity contribution in [2.24, 2.45) is 0 Å². The second kappa shape index (κ2) is 7.40. The molecule has 5 nitrogen and oxygen atoms in total. The topological polar surface area (TPSA) is 50.8 Å². The summed E-state index contributed by atoms with van der Waals surface area (Å²) in [7, 11) is 1.16. The second-order valence-electron chi connectivity index (χ2n) is 5.89. The summed E-state index contributed by atoms with van der Waals surface area (Å²) in [5, 5.41) is 2.09. The Morgan fingerprint density at radius 3 is 2.62 bits per heavy atom. The molecule has 2 amide bonds. The second-order valence-corrected chi connectivity index (χ2v) is 5.89. The van der Waals surface area contributed by atoms with Gasteiger partial charge in [0.2, 0.25) is 0 Å². The Labute approximate surface area is 138 Å². The molecule has 1 N–H and O–H groups in total. The standard InChI is InChI=1S/C16H21F3N2O3/c1-15(11-23-2,16(17,18)19)20-14(22)21-8-9-24-10-13(21)12-6-4-3-5-7-12/h3-7,13H,8-11H2,1-2H3,(H,20,22). The van der Waals surface area contributed by atoms with Crippen molar-refractivity contribution in [3.05, 3.63) is 35.9 Å². The van der Waals surface area contributed by atoms with Crippen LogP contribution in [0.25, 0.3) is 0 Å². The molecule has 2 rings (SSSR count). The lowest BCUT2D eigenvalue weighted by Crippen LogP contribution is -2.63. The molecule has 1 aromatic carbocycles. The summed E-state index contributed by atoms with van der Waals surface area (Å²) in [5.74, 6) is 0. The first-order chi connectivity index (χ1) is 11.3. The third kappa shape index (κ3) is 3.99. The van der Waals surface area contributed by atoms with Crippen LogP contribution in [-0.2, 0) is 9.47 Å². The van der Waals surface area contributed by atoms with Crippen LogP contribution in [0, 0.1) is 0 Å². The molecule has 1 saturated heterocycles. The van der Waals surface area contributed by atoms with Crippen molar-refractivity contribution in [3.8, 4) is 0 Å². The molecule has 2 atom stereocenters. The number of methoxy groups -OCH3 is 1. The number of amides is 2. The van der Waals surface area contributed by atoms with Crippen molar-refractivity contribution in [1.29, 1.82) is 0 Å². The van der Waals surface area contributed by atoms with E-state index in [1.807, 2.05) is 30.3 Å². The van der Waals surface area contributed by atoms with E-state index in [-0.39, 0.29) is 19.8 Å². The van der Waals surface area contributed by atoms with Crippen molar-refractivity contribution in [3.63, 3.8) is 0 Å². The summed E-state index contributed by atoms with van der Waals surface area (Å²) in [6.07, 6.45) is -4.63. The number of benzene rings is 1. The van der Waals surface area contributed by atoms with Gasteiger partial charge in [-0.05, 0) is 12.5 Å². The maximum Gasteiger partial charge on any atom is 0.413 e. The maximum absolute atomic E-state index is 13.3. The predicted octanol–water partition coefficient (Wildman–Crippen LogP) is 2.74. The molecule has 1 aliphatic heterocycles. The average Bonchev–Trinajstić information content (AvgIpc) is 2.55. The number of carbonyl (C=O) groups excluding carboxylic acids is 1. The zero-order valence-electron chi connectivity index (χ0n) is 13.6. The number of ether oxygens (including phenoxy) is 2. The van der Waals surface area contributed by atoms with E-state index < -0.39 is 30.4 Å². The minimum absolute atomic E-state index is 0.215. The van der Waals surface area contributed by atoms with Crippen molar-refractivity contribution < 1.29 is 27.4 Å². The van der Waals surface area contributed by atoms with E-state index in [0.29, 0.717) is 0 Å². The summed E-state index contributed by atoms with van der Waals surface area (Å²) in [6.45, 7) is 0.982. The highest BCUT2D eigenvalue weighted by Gasteiger charge is 2.53. The Hall–Kier alpha value is -1.80. The zero-order chi connectivity index (χ0) is 17.8. The van der Waals surface area contributed by atoms with Gasteiger partial charge in [0.1, 0.15) is 0 Å². The monoisotopic (exact) mass is 346 g/mol. The van der Waals surface area contributed by atoms with Gasteiger partial charge < -0.3 is 19.7 Å². The Kier molecular flexibility index (Phi) is 5.71. The Morgan fingerprint density at radius 2 is 2.04 bits per heavy atom. The van der Waals surface area contributed by atoms with Gasteiger partial charge in [0.15, 0.2) is 5.54 Å². The van der Waals surface area contributed by atoms with Gasteiger partial charge in [0.25, 0.3) is 0 Å². The van der Waals surface area contributed by atoms with Crippen molar-refractivity contribution in [2.45, 2.75) is 24.7 Å². The molecule has 1 aromatic rings. The fourth-order valence-corrected chi connectivity index (χ4v) is 2.58. The number of rotatable bonds is 4. The molecule has 1 heterocycles. The first-order valence-electron chi connectivity index (χ1n) is 7.55. The summed E-state index contributed by atoms with van der Waals surface area (Å²) in [4.78, 5) is 13.9. The van der Waals surface area contributed by atoms with Crippen LogP contribution in [0.1, 0.15) is 18.5 Å². The molecule has 2 unspecified atom stereocenters. The van der Waals surface area contributed by atoms with Crippen LogP contribution in [0.5, 0.6) is 0 Å². The first kappa shape index (κ1) is 18.5. The summed E-state index contributed by atoms with van der Waals surface area (Å²) >= 11 is 0. The molecule has 24 heavy (non-hydrogen) atoms. The van der Waals surface area contributed by atoms with Crippen LogP contribution >= 0.6 is 0 Å². The highest BCUT2D eigenvalue weighted by atomic mass is 19.4. The number of hydrogen-bond donors (Lipinski definition) is 1. The number of morpholine rings is 1. The summed E-state index contributed by atoms with van der Waals surface area (Å²) < 4.78 is 50.0. The van der Waals surface area contributed by atoms with Crippen molar-refractivity contribution >= 4 is 6.03 Å². The molecule has 0 spiro atoms. The molecule has 8 heteroatoms. The molecule has 0 saturated carbocycles. The van der Waals surface area contributed by atoms with Gasteiger partial charge in [-0.2, -0.15) is 13.2 Å². The van der Waals surface area contributed by atoms with E-state index in [9.17, 15) is 18.0 Å². The van der Waals surface area contributed by atoms with Gasteiger partial charge in [-0.15, -0.1) is 0 Å². The van der Waals surface area contributed by atoms with Crippen LogP contribution in [0.4, 0.5) is 18.0 Å². The third-order valence-corrected chi connectivity index (χ3v) is 4.02. The molecule has 1 fully saturated rings. The minimum Gasteiger partial charge on any atom is -0.382 e. The molecule has 0 radical (unpaired) electrons. The largest absolute Gasteiger partial charge is 0.413 e. The minimum atomic E-state index is -4.63. The molecule has 0 aromatic heterocycles. The lowest BCUT2D eigenvalue weighted by atomic mass is 10.0. The van der Waals surface area contributed by atoms with Crippen molar-refractivity contribution in [1.82, 2.24) is 10.2 Å². The van der Waals surface area contributed by atoms with Crippen LogP contribution in [-0.4, -0.2) is 56.1 Å². The van der Waals surface area contributed by atoms with Gasteiger partial charge in [0, 0.05) is 13.7 Å². The Morgan fingerprint density at radius 1 is 1.38 bits per heavy atom. The van der Waals surface area contributed by atoms with Crippen LogP contribution in [0.3, 0.4) is 0 Å². The third-order valence-electron chi connectivity index (χ3n) is 4.02. The molecule has 0 bridgehead atoms. The molecule has 1 aliphatic rings. The number of nitrogens with one attached hydrogen (secondary N) is 1. The van der Waals surface area contributed by atoms with Gasteiger partial charge in [-0.25, -0.2) is 4.79 Å². The van der Waals surface area contributed by atoms with E-state index in [2.05, 4.69) is 10.1 Å². The predicted molar refractivity (Wildman–Crippen MR) is 81.6 cm³/mol. The number of halogens is 3. The molecular formula is C16H21F3N2O3. The number of nitrogens with zero attached hydrogens (tertiary/aromatic N) is 1. The fraction of sp³-hybridized carbons (Fsp3) is 0.562. The SMILES string of the molecule is COCC(C)(NC(=O)N1CCOCC1c1ccccc1)C(F)(F)F. The summed E-state index contributed by atoms with van der Waals surface area (Å²) in [5.41, 5.74) is -1.65. The fourth-order valence-electron chi connectivity index (χ4n) is 2.58. The normalized spacial score (nSPS) is 21.2. The van der Waals surface area contributed by atoms with E-state index in [4.69, 9.17) is 4.74 Å². The lowest BCUT2D eigenvalue weighted by molar-refractivity contribution is -0.200. The smallest absolute Gasteiger partial charge is 0.382 e. The average molecular weight is 346 g/mol. The van der Waals surface area contributed by atoms with Crippen LogP contribution in [0.2, 0.25) is 0 Å².